The van der Waals surface area contributed by atoms with Crippen molar-refractivity contribution in [2.45, 2.75) is 38.4 Å². The van der Waals surface area contributed by atoms with Crippen molar-refractivity contribution in [3.63, 3.8) is 0 Å². The SMILES string of the molecule is CC(=O)SC(C)C[N+]1(C)CCCCC1.[I-]. The number of likely N-dealkylation sites (tertiary alicyclic amines) is 1. The molecule has 4 heteroatoms. The first-order valence-corrected chi connectivity index (χ1v) is 6.41. The Bertz CT molecular complexity index is 205. The summed E-state index contributed by atoms with van der Waals surface area (Å²) < 4.78 is 1.17. The summed E-state index contributed by atoms with van der Waals surface area (Å²) in [5, 5.41) is 0.719. The molecule has 0 saturated carbocycles. The van der Waals surface area contributed by atoms with Crippen LogP contribution in [0.5, 0.6) is 0 Å². The molecule has 0 bridgehead atoms. The first kappa shape index (κ1) is 15.7. The molecule has 0 aromatic carbocycles. The number of piperidine rings is 1. The third-order valence-electron chi connectivity index (χ3n) is 2.96. The van der Waals surface area contributed by atoms with Gasteiger partial charge in [0.2, 0.25) is 0 Å². The lowest BCUT2D eigenvalue weighted by molar-refractivity contribution is -0.913. The van der Waals surface area contributed by atoms with E-state index in [1.54, 1.807) is 6.92 Å². The molecular formula is C11H22INOS. The van der Waals surface area contributed by atoms with Gasteiger partial charge in [0.05, 0.1) is 31.9 Å². The van der Waals surface area contributed by atoms with Gasteiger partial charge in [-0.25, -0.2) is 0 Å². The van der Waals surface area contributed by atoms with E-state index in [1.165, 1.54) is 48.6 Å². The number of thioether (sulfide) groups is 1. The van der Waals surface area contributed by atoms with Crippen LogP contribution < -0.4 is 24.0 Å². The average molecular weight is 343 g/mol. The van der Waals surface area contributed by atoms with E-state index < -0.39 is 0 Å². The van der Waals surface area contributed by atoms with Crippen LogP contribution in [-0.4, -0.2) is 41.5 Å². The second-order valence-electron chi connectivity index (χ2n) is 4.73. The molecule has 0 radical (unpaired) electrons. The maximum absolute atomic E-state index is 11.0. The summed E-state index contributed by atoms with van der Waals surface area (Å²) in [6.07, 6.45) is 4.10. The molecule has 1 atom stereocenters. The number of carbonyl (C=O) groups excluding carboxylic acids is 1. The Hall–Kier alpha value is 0.710. The predicted octanol–water partition coefficient (Wildman–Crippen LogP) is -0.711. The van der Waals surface area contributed by atoms with Crippen molar-refractivity contribution in [1.82, 2.24) is 0 Å². The van der Waals surface area contributed by atoms with Gasteiger partial charge in [0.25, 0.3) is 0 Å². The molecule has 1 unspecified atom stereocenters. The van der Waals surface area contributed by atoms with Gasteiger partial charge in [0.15, 0.2) is 5.12 Å². The number of quaternary nitrogens is 1. The summed E-state index contributed by atoms with van der Waals surface area (Å²) in [7, 11) is 2.33. The monoisotopic (exact) mass is 343 g/mol. The van der Waals surface area contributed by atoms with E-state index >= 15 is 0 Å². The number of nitrogens with zero attached hydrogens (tertiary/aromatic N) is 1. The van der Waals surface area contributed by atoms with Crippen LogP contribution >= 0.6 is 11.8 Å². The minimum atomic E-state index is 0. The van der Waals surface area contributed by atoms with Crippen molar-refractivity contribution < 1.29 is 33.3 Å². The van der Waals surface area contributed by atoms with Crippen LogP contribution in [-0.2, 0) is 4.79 Å². The largest absolute Gasteiger partial charge is 1.00 e. The zero-order valence-electron chi connectivity index (χ0n) is 9.96. The number of carbonyl (C=O) groups is 1. The molecule has 1 heterocycles. The van der Waals surface area contributed by atoms with Crippen molar-refractivity contribution in [2.75, 3.05) is 26.7 Å². The second kappa shape index (κ2) is 7.12. The second-order valence-corrected chi connectivity index (χ2v) is 6.35. The number of halogens is 1. The number of rotatable bonds is 3. The summed E-state index contributed by atoms with van der Waals surface area (Å²) >= 11 is 1.49. The summed E-state index contributed by atoms with van der Waals surface area (Å²) in [6, 6.07) is 0. The fourth-order valence-electron chi connectivity index (χ4n) is 2.40. The minimum Gasteiger partial charge on any atom is -1.00 e. The van der Waals surface area contributed by atoms with E-state index in [2.05, 4.69) is 14.0 Å². The predicted molar refractivity (Wildman–Crippen MR) is 62.4 cm³/mol. The van der Waals surface area contributed by atoms with E-state index in [-0.39, 0.29) is 29.1 Å². The molecule has 1 fully saturated rings. The van der Waals surface area contributed by atoms with E-state index in [0.29, 0.717) is 5.25 Å². The maximum atomic E-state index is 11.0. The third kappa shape index (κ3) is 6.12. The molecule has 1 rings (SSSR count). The first-order valence-electron chi connectivity index (χ1n) is 5.53. The van der Waals surface area contributed by atoms with Crippen molar-refractivity contribution in [2.24, 2.45) is 0 Å². The highest BCUT2D eigenvalue weighted by Crippen LogP contribution is 2.21. The zero-order chi connectivity index (χ0) is 10.6. The van der Waals surface area contributed by atoms with Gasteiger partial charge in [-0.3, -0.25) is 4.79 Å². The molecule has 90 valence electrons. The van der Waals surface area contributed by atoms with Crippen LogP contribution in [0.2, 0.25) is 0 Å². The molecule has 0 spiro atoms. The molecule has 1 aliphatic rings. The van der Waals surface area contributed by atoms with Gasteiger partial charge in [0, 0.05) is 6.92 Å². The zero-order valence-corrected chi connectivity index (χ0v) is 12.9. The Morgan fingerprint density at radius 1 is 1.33 bits per heavy atom. The summed E-state index contributed by atoms with van der Waals surface area (Å²) in [5.41, 5.74) is 0. The summed E-state index contributed by atoms with van der Waals surface area (Å²) in [5.74, 6) is 0. The van der Waals surface area contributed by atoms with E-state index in [0.717, 1.165) is 6.54 Å². The van der Waals surface area contributed by atoms with Gasteiger partial charge in [-0.2, -0.15) is 0 Å². The van der Waals surface area contributed by atoms with Crippen LogP contribution in [0.25, 0.3) is 0 Å². The Kier molecular flexibility index (Phi) is 7.45. The van der Waals surface area contributed by atoms with Crippen LogP contribution in [0.4, 0.5) is 0 Å². The molecule has 0 aliphatic carbocycles. The van der Waals surface area contributed by atoms with E-state index in [4.69, 9.17) is 0 Å². The summed E-state index contributed by atoms with van der Waals surface area (Å²) in [6.45, 7) is 7.57. The summed E-state index contributed by atoms with van der Waals surface area (Å²) in [4.78, 5) is 11.0. The third-order valence-corrected chi connectivity index (χ3v) is 3.84. The fraction of sp³-hybridized carbons (Fsp3) is 0.909. The van der Waals surface area contributed by atoms with Gasteiger partial charge in [0.1, 0.15) is 0 Å². The number of hydrogen-bond donors (Lipinski definition) is 0. The molecule has 15 heavy (non-hydrogen) atoms. The lowest BCUT2D eigenvalue weighted by Gasteiger charge is -2.39. The highest BCUT2D eigenvalue weighted by atomic mass is 127. The van der Waals surface area contributed by atoms with Gasteiger partial charge in [-0.15, -0.1) is 0 Å². The van der Waals surface area contributed by atoms with Gasteiger partial charge >= 0.3 is 0 Å². The molecule has 0 aromatic rings. The van der Waals surface area contributed by atoms with Crippen LogP contribution in [0, 0.1) is 0 Å². The fourth-order valence-corrected chi connectivity index (χ4v) is 3.40. The number of hydrogen-bond acceptors (Lipinski definition) is 2. The Morgan fingerprint density at radius 2 is 1.87 bits per heavy atom. The lowest BCUT2D eigenvalue weighted by atomic mass is 10.1. The van der Waals surface area contributed by atoms with Crippen LogP contribution in [0.3, 0.4) is 0 Å². The Labute approximate surface area is 115 Å². The van der Waals surface area contributed by atoms with Crippen molar-refractivity contribution >= 4 is 16.9 Å². The molecular weight excluding hydrogens is 321 g/mol. The maximum Gasteiger partial charge on any atom is 0.186 e. The van der Waals surface area contributed by atoms with Crippen molar-refractivity contribution in [1.29, 1.82) is 0 Å². The average Bonchev–Trinajstić information content (AvgIpc) is 2.02. The highest BCUT2D eigenvalue weighted by molar-refractivity contribution is 8.14. The van der Waals surface area contributed by atoms with Gasteiger partial charge in [-0.05, 0) is 26.2 Å². The highest BCUT2D eigenvalue weighted by Gasteiger charge is 2.27. The normalized spacial score (nSPS) is 21.5. The Morgan fingerprint density at radius 3 is 2.33 bits per heavy atom. The molecule has 1 saturated heterocycles. The lowest BCUT2D eigenvalue weighted by Crippen LogP contribution is -3.00. The smallest absolute Gasteiger partial charge is 0.186 e. The van der Waals surface area contributed by atoms with Gasteiger partial charge < -0.3 is 28.5 Å². The van der Waals surface area contributed by atoms with Crippen molar-refractivity contribution in [3.05, 3.63) is 0 Å². The molecule has 2 nitrogen and oxygen atoms in total. The van der Waals surface area contributed by atoms with E-state index in [1.807, 2.05) is 0 Å². The standard InChI is InChI=1S/C11H22NOS.HI/c1-10(14-11(2)13)9-12(3)7-5-4-6-8-12;/h10H,4-9H2,1-3H3;1H/q+1;/p-1. The first-order chi connectivity index (χ1) is 6.52. The topological polar surface area (TPSA) is 17.1 Å². The molecule has 0 N–H and O–H groups in total. The minimum absolute atomic E-state index is 0. The Balaban J connectivity index is 0.00000196. The van der Waals surface area contributed by atoms with E-state index in [9.17, 15) is 4.79 Å². The molecule has 0 aromatic heterocycles. The van der Waals surface area contributed by atoms with Crippen LogP contribution in [0.1, 0.15) is 33.1 Å². The molecule has 1 aliphatic heterocycles. The van der Waals surface area contributed by atoms with Crippen LogP contribution in [0.15, 0.2) is 0 Å². The van der Waals surface area contributed by atoms with Gasteiger partial charge in [-0.1, -0.05) is 11.8 Å². The van der Waals surface area contributed by atoms with Crippen molar-refractivity contribution in [3.8, 4) is 0 Å². The molecule has 0 amide bonds. The quantitative estimate of drug-likeness (QED) is 0.498.